The molecule has 0 atom stereocenters. The lowest BCUT2D eigenvalue weighted by atomic mass is 10.1. The van der Waals surface area contributed by atoms with Gasteiger partial charge in [0.1, 0.15) is 0 Å². The van der Waals surface area contributed by atoms with Crippen molar-refractivity contribution in [3.05, 3.63) is 28.4 Å². The Morgan fingerprint density at radius 1 is 1.54 bits per heavy atom. The average molecular weight is 241 g/mol. The molecule has 3 nitrogen and oxygen atoms in total. The van der Waals surface area contributed by atoms with Gasteiger partial charge in [0, 0.05) is 28.7 Å². The molecule has 2 rings (SSSR count). The van der Waals surface area contributed by atoms with Gasteiger partial charge < -0.3 is 5.11 Å². The zero-order valence-corrected chi connectivity index (χ0v) is 8.74. The van der Waals surface area contributed by atoms with E-state index in [1.165, 1.54) is 0 Å². The maximum absolute atomic E-state index is 9.16. The summed E-state index contributed by atoms with van der Waals surface area (Å²) in [5, 5.41) is 14.4. The average Bonchev–Trinajstić information content (AvgIpc) is 2.45. The third-order valence-corrected chi connectivity index (χ3v) is 2.76. The van der Waals surface area contributed by atoms with Crippen LogP contribution in [0.4, 0.5) is 0 Å². The molecule has 1 N–H and O–H groups in total. The first-order valence-electron chi connectivity index (χ1n) is 3.94. The van der Waals surface area contributed by atoms with Gasteiger partial charge in [-0.25, -0.2) is 0 Å². The highest BCUT2D eigenvalue weighted by Gasteiger charge is 2.06. The fourth-order valence-electron chi connectivity index (χ4n) is 1.40. The van der Waals surface area contributed by atoms with Crippen molar-refractivity contribution in [2.45, 2.75) is 6.61 Å². The second-order valence-electron chi connectivity index (χ2n) is 2.92. The molecule has 0 fully saturated rings. The van der Waals surface area contributed by atoms with Gasteiger partial charge in [0.2, 0.25) is 0 Å². The topological polar surface area (TPSA) is 38.0 Å². The summed E-state index contributed by atoms with van der Waals surface area (Å²) in [5.74, 6) is 0. The van der Waals surface area contributed by atoms with E-state index in [1.54, 1.807) is 4.68 Å². The van der Waals surface area contributed by atoms with Gasteiger partial charge >= 0.3 is 0 Å². The molecule has 0 radical (unpaired) electrons. The minimum absolute atomic E-state index is 0.0314. The summed E-state index contributed by atoms with van der Waals surface area (Å²) in [5.41, 5.74) is 1.81. The Balaban J connectivity index is 2.82. The number of aromatic nitrogens is 2. The number of benzene rings is 1. The van der Waals surface area contributed by atoms with E-state index in [2.05, 4.69) is 21.0 Å². The monoisotopic (exact) mass is 240 g/mol. The smallest absolute Gasteiger partial charge is 0.0927 e. The molecule has 0 unspecified atom stereocenters. The Hall–Kier alpha value is -0.870. The third kappa shape index (κ3) is 1.36. The van der Waals surface area contributed by atoms with Gasteiger partial charge in [0.05, 0.1) is 12.1 Å². The molecule has 1 aromatic carbocycles. The Morgan fingerprint density at radius 2 is 2.31 bits per heavy atom. The zero-order chi connectivity index (χ0) is 9.42. The van der Waals surface area contributed by atoms with Crippen LogP contribution in [-0.4, -0.2) is 14.9 Å². The Bertz CT molecular complexity index is 450. The van der Waals surface area contributed by atoms with Crippen molar-refractivity contribution in [2.75, 3.05) is 0 Å². The second kappa shape index (κ2) is 3.12. The molecule has 0 aliphatic carbocycles. The normalized spacial score (nSPS) is 11.0. The van der Waals surface area contributed by atoms with E-state index in [9.17, 15) is 0 Å². The summed E-state index contributed by atoms with van der Waals surface area (Å²) in [7, 11) is 1.87. The molecule has 0 aliphatic rings. The van der Waals surface area contributed by atoms with Crippen LogP contribution in [-0.2, 0) is 13.7 Å². The van der Waals surface area contributed by atoms with Crippen LogP contribution in [0.2, 0.25) is 0 Å². The predicted octanol–water partition coefficient (Wildman–Crippen LogP) is 1.83. The van der Waals surface area contributed by atoms with E-state index in [-0.39, 0.29) is 6.61 Å². The van der Waals surface area contributed by atoms with E-state index in [0.29, 0.717) is 0 Å². The molecule has 0 bridgehead atoms. The molecule has 4 heteroatoms. The lowest BCUT2D eigenvalue weighted by molar-refractivity contribution is 0.282. The first-order chi connectivity index (χ1) is 6.22. The molecular formula is C9H9BrN2O. The predicted molar refractivity (Wildman–Crippen MR) is 54.3 cm³/mol. The summed E-state index contributed by atoms with van der Waals surface area (Å²) in [6, 6.07) is 3.83. The molecule has 13 heavy (non-hydrogen) atoms. The van der Waals surface area contributed by atoms with Gasteiger partial charge in [-0.05, 0) is 12.1 Å². The second-order valence-corrected chi connectivity index (χ2v) is 3.77. The number of hydrogen-bond donors (Lipinski definition) is 1. The first-order valence-corrected chi connectivity index (χ1v) is 4.73. The van der Waals surface area contributed by atoms with Crippen LogP contribution in [0.3, 0.4) is 0 Å². The maximum atomic E-state index is 9.16. The van der Waals surface area contributed by atoms with Gasteiger partial charge in [-0.3, -0.25) is 4.68 Å². The van der Waals surface area contributed by atoms with E-state index >= 15 is 0 Å². The van der Waals surface area contributed by atoms with Crippen molar-refractivity contribution in [1.82, 2.24) is 9.78 Å². The van der Waals surface area contributed by atoms with Gasteiger partial charge in [0.25, 0.3) is 0 Å². The Labute approximate surface area is 84.1 Å². The van der Waals surface area contributed by atoms with Crippen LogP contribution in [0.1, 0.15) is 5.56 Å². The van der Waals surface area contributed by atoms with Crippen LogP contribution in [0.15, 0.2) is 22.8 Å². The van der Waals surface area contributed by atoms with Crippen molar-refractivity contribution in [3.8, 4) is 0 Å². The van der Waals surface area contributed by atoms with Crippen molar-refractivity contribution < 1.29 is 5.11 Å². The van der Waals surface area contributed by atoms with Crippen molar-refractivity contribution in [2.24, 2.45) is 7.05 Å². The molecule has 68 valence electrons. The van der Waals surface area contributed by atoms with Crippen LogP contribution in [0, 0.1) is 0 Å². The minimum Gasteiger partial charge on any atom is -0.392 e. The number of aryl methyl sites for hydroxylation is 1. The SMILES string of the molecule is Cn1cc2c(CO)c(Br)ccc2n1. The van der Waals surface area contributed by atoms with E-state index in [1.807, 2.05) is 25.4 Å². The molecule has 0 amide bonds. The molecule has 1 heterocycles. The minimum atomic E-state index is 0.0314. The molecule has 0 aliphatic heterocycles. The van der Waals surface area contributed by atoms with E-state index < -0.39 is 0 Å². The summed E-state index contributed by atoms with van der Waals surface area (Å²) < 4.78 is 2.67. The standard InChI is InChI=1S/C9H9BrN2O/c1-12-4-6-7(5-13)8(10)2-3-9(6)11-12/h2-4,13H,5H2,1H3. The van der Waals surface area contributed by atoms with Gasteiger partial charge in [-0.15, -0.1) is 0 Å². The molecule has 2 aromatic rings. The number of aliphatic hydroxyl groups excluding tert-OH is 1. The highest BCUT2D eigenvalue weighted by atomic mass is 79.9. The first kappa shape index (κ1) is 8.72. The summed E-state index contributed by atoms with van der Waals surface area (Å²) in [6.07, 6.45) is 1.91. The van der Waals surface area contributed by atoms with Gasteiger partial charge in [-0.1, -0.05) is 15.9 Å². The fraction of sp³-hybridized carbons (Fsp3) is 0.222. The molecule has 0 spiro atoms. The van der Waals surface area contributed by atoms with Crippen LogP contribution in [0.25, 0.3) is 10.9 Å². The van der Waals surface area contributed by atoms with E-state index in [4.69, 9.17) is 5.11 Å². The van der Waals surface area contributed by atoms with Gasteiger partial charge in [0.15, 0.2) is 0 Å². The Kier molecular flexibility index (Phi) is 2.09. The number of halogens is 1. The Morgan fingerprint density at radius 3 is 3.00 bits per heavy atom. The summed E-state index contributed by atoms with van der Waals surface area (Å²) in [4.78, 5) is 0. The highest BCUT2D eigenvalue weighted by molar-refractivity contribution is 9.10. The number of hydrogen-bond acceptors (Lipinski definition) is 2. The third-order valence-electron chi connectivity index (χ3n) is 2.02. The quantitative estimate of drug-likeness (QED) is 0.827. The highest BCUT2D eigenvalue weighted by Crippen LogP contribution is 2.25. The number of aliphatic hydroxyl groups is 1. The number of fused-ring (bicyclic) bond motifs is 1. The van der Waals surface area contributed by atoms with Crippen molar-refractivity contribution in [3.63, 3.8) is 0 Å². The van der Waals surface area contributed by atoms with Crippen LogP contribution in [0.5, 0.6) is 0 Å². The molecule has 0 saturated carbocycles. The largest absolute Gasteiger partial charge is 0.392 e. The number of nitrogens with zero attached hydrogens (tertiary/aromatic N) is 2. The lowest BCUT2D eigenvalue weighted by Crippen LogP contribution is -1.85. The van der Waals surface area contributed by atoms with E-state index in [0.717, 1.165) is 20.9 Å². The van der Waals surface area contributed by atoms with Crippen molar-refractivity contribution >= 4 is 26.8 Å². The summed E-state index contributed by atoms with van der Waals surface area (Å²) >= 11 is 3.39. The maximum Gasteiger partial charge on any atom is 0.0927 e. The fourth-order valence-corrected chi connectivity index (χ4v) is 1.87. The van der Waals surface area contributed by atoms with Crippen molar-refractivity contribution in [1.29, 1.82) is 0 Å². The van der Waals surface area contributed by atoms with Crippen LogP contribution < -0.4 is 0 Å². The molecule has 1 aromatic heterocycles. The van der Waals surface area contributed by atoms with Crippen LogP contribution >= 0.6 is 15.9 Å². The zero-order valence-electron chi connectivity index (χ0n) is 7.16. The summed E-state index contributed by atoms with van der Waals surface area (Å²) in [6.45, 7) is 0.0314. The number of rotatable bonds is 1. The van der Waals surface area contributed by atoms with Gasteiger partial charge in [-0.2, -0.15) is 5.10 Å². The molecular weight excluding hydrogens is 232 g/mol. The lowest BCUT2D eigenvalue weighted by Gasteiger charge is -2.00. The molecule has 0 saturated heterocycles.